The summed E-state index contributed by atoms with van der Waals surface area (Å²) < 4.78 is 5.73. The van der Waals surface area contributed by atoms with Crippen LogP contribution in [0.3, 0.4) is 0 Å². The zero-order chi connectivity index (χ0) is 21.7. The molecule has 2 atom stereocenters. The molecule has 2 unspecified atom stereocenters. The number of aliphatic hydroxyl groups is 1. The van der Waals surface area contributed by atoms with Crippen molar-refractivity contribution in [2.75, 3.05) is 18.2 Å². The van der Waals surface area contributed by atoms with Gasteiger partial charge in [-0.3, -0.25) is 14.6 Å². The standard InChI is InChI=1S/C23H27N3O4/c1-15-8-7-9-16(2)22(15)30-14-19(28)13-24-23(29)20-12-21(17(3)27)26(25-20)18-10-5-4-6-11-18/h4-11,19,21,28H,12-14H2,1-3H3,(H,24,29). The minimum absolute atomic E-state index is 0.0266. The molecule has 0 aliphatic carbocycles. The molecule has 1 aliphatic heterocycles. The molecule has 0 saturated carbocycles. The average molecular weight is 409 g/mol. The second kappa shape index (κ2) is 9.54. The first-order valence-electron chi connectivity index (χ1n) is 9.94. The van der Waals surface area contributed by atoms with Crippen LogP contribution in [0.5, 0.6) is 5.75 Å². The molecule has 30 heavy (non-hydrogen) atoms. The third-order valence-electron chi connectivity index (χ3n) is 4.99. The van der Waals surface area contributed by atoms with E-state index in [-0.39, 0.29) is 31.1 Å². The maximum atomic E-state index is 12.5. The summed E-state index contributed by atoms with van der Waals surface area (Å²) in [6, 6.07) is 14.6. The summed E-state index contributed by atoms with van der Waals surface area (Å²) in [6.45, 7) is 5.46. The third-order valence-corrected chi connectivity index (χ3v) is 4.99. The minimum atomic E-state index is -0.871. The number of nitrogens with zero attached hydrogens (tertiary/aromatic N) is 2. The molecule has 0 aromatic heterocycles. The zero-order valence-corrected chi connectivity index (χ0v) is 17.5. The van der Waals surface area contributed by atoms with E-state index < -0.39 is 18.1 Å². The number of para-hydroxylation sites is 2. The number of aliphatic hydroxyl groups excluding tert-OH is 1. The highest BCUT2D eigenvalue weighted by Crippen LogP contribution is 2.25. The molecule has 7 nitrogen and oxygen atoms in total. The molecule has 0 bridgehead atoms. The largest absolute Gasteiger partial charge is 0.490 e. The van der Waals surface area contributed by atoms with Crippen molar-refractivity contribution < 1.29 is 19.4 Å². The molecule has 7 heteroatoms. The normalized spacial score (nSPS) is 16.7. The Balaban J connectivity index is 1.57. The van der Waals surface area contributed by atoms with Crippen LogP contribution < -0.4 is 15.1 Å². The van der Waals surface area contributed by atoms with Gasteiger partial charge >= 0.3 is 0 Å². The fourth-order valence-electron chi connectivity index (χ4n) is 3.36. The highest BCUT2D eigenvalue weighted by atomic mass is 16.5. The molecule has 0 saturated heterocycles. The number of hydrogen-bond acceptors (Lipinski definition) is 6. The predicted molar refractivity (Wildman–Crippen MR) is 116 cm³/mol. The van der Waals surface area contributed by atoms with Gasteiger partial charge in [0.25, 0.3) is 5.91 Å². The number of ether oxygens (including phenoxy) is 1. The zero-order valence-electron chi connectivity index (χ0n) is 17.5. The summed E-state index contributed by atoms with van der Waals surface area (Å²) >= 11 is 0. The Hall–Kier alpha value is -3.19. The Kier molecular flexibility index (Phi) is 6.84. The number of anilines is 1. The van der Waals surface area contributed by atoms with Crippen molar-refractivity contribution in [1.82, 2.24) is 5.32 Å². The van der Waals surface area contributed by atoms with E-state index in [0.29, 0.717) is 0 Å². The summed E-state index contributed by atoms with van der Waals surface area (Å²) in [4.78, 5) is 24.6. The SMILES string of the molecule is CC(=O)C1CC(C(=O)NCC(O)COc2c(C)cccc2C)=NN1c1ccccc1. The Morgan fingerprint density at radius 1 is 1.17 bits per heavy atom. The molecule has 3 rings (SSSR count). The van der Waals surface area contributed by atoms with Gasteiger partial charge in [0.2, 0.25) is 0 Å². The molecule has 1 aliphatic rings. The number of hydrogen-bond donors (Lipinski definition) is 2. The van der Waals surface area contributed by atoms with Crippen molar-refractivity contribution in [2.24, 2.45) is 5.10 Å². The fraction of sp³-hybridized carbons (Fsp3) is 0.348. The van der Waals surface area contributed by atoms with Crippen molar-refractivity contribution in [3.63, 3.8) is 0 Å². The van der Waals surface area contributed by atoms with Gasteiger partial charge in [-0.1, -0.05) is 36.4 Å². The van der Waals surface area contributed by atoms with Crippen LogP contribution in [0.25, 0.3) is 0 Å². The van der Waals surface area contributed by atoms with E-state index in [2.05, 4.69) is 10.4 Å². The first-order valence-corrected chi connectivity index (χ1v) is 9.94. The molecule has 2 aromatic carbocycles. The van der Waals surface area contributed by atoms with Crippen LogP contribution in [-0.4, -0.2) is 47.8 Å². The minimum Gasteiger partial charge on any atom is -0.490 e. The maximum absolute atomic E-state index is 12.5. The summed E-state index contributed by atoms with van der Waals surface area (Å²) in [5.74, 6) is 0.282. The number of hydrazone groups is 1. The number of nitrogens with one attached hydrogen (secondary N) is 1. The van der Waals surface area contributed by atoms with Crippen LogP contribution in [0.1, 0.15) is 24.5 Å². The lowest BCUT2D eigenvalue weighted by molar-refractivity contribution is -0.118. The van der Waals surface area contributed by atoms with Crippen molar-refractivity contribution >= 4 is 23.1 Å². The Morgan fingerprint density at radius 3 is 2.47 bits per heavy atom. The molecule has 158 valence electrons. The summed E-state index contributed by atoms with van der Waals surface area (Å²) in [6.07, 6.45) is -0.644. The maximum Gasteiger partial charge on any atom is 0.267 e. The van der Waals surface area contributed by atoms with E-state index in [1.165, 1.54) is 6.92 Å². The van der Waals surface area contributed by atoms with Gasteiger partial charge in [-0.05, 0) is 44.0 Å². The number of Topliss-reactive ketones (excluding diaryl/α,β-unsaturated/α-hetero) is 1. The number of benzene rings is 2. The Morgan fingerprint density at radius 2 is 1.83 bits per heavy atom. The topological polar surface area (TPSA) is 91.2 Å². The smallest absolute Gasteiger partial charge is 0.267 e. The number of amides is 1. The van der Waals surface area contributed by atoms with Crippen molar-refractivity contribution in [3.8, 4) is 5.75 Å². The van der Waals surface area contributed by atoms with Crippen molar-refractivity contribution in [3.05, 3.63) is 59.7 Å². The van der Waals surface area contributed by atoms with Crippen LogP contribution in [0.4, 0.5) is 5.69 Å². The van der Waals surface area contributed by atoms with Crippen LogP contribution in [0, 0.1) is 13.8 Å². The number of rotatable bonds is 8. The van der Waals surface area contributed by atoms with Crippen LogP contribution >= 0.6 is 0 Å². The van der Waals surface area contributed by atoms with Gasteiger partial charge in [-0.2, -0.15) is 5.10 Å². The highest BCUT2D eigenvalue weighted by molar-refractivity contribution is 6.40. The van der Waals surface area contributed by atoms with Gasteiger partial charge in [-0.15, -0.1) is 0 Å². The van der Waals surface area contributed by atoms with Crippen molar-refractivity contribution in [1.29, 1.82) is 0 Å². The fourth-order valence-corrected chi connectivity index (χ4v) is 3.36. The number of ketones is 1. The molecule has 2 N–H and O–H groups in total. The van der Waals surface area contributed by atoms with E-state index in [1.807, 2.05) is 62.4 Å². The second-order valence-corrected chi connectivity index (χ2v) is 7.45. The van der Waals surface area contributed by atoms with E-state index in [1.54, 1.807) is 5.01 Å². The molecule has 1 amide bonds. The number of aryl methyl sites for hydroxylation is 2. The van der Waals surface area contributed by atoms with Gasteiger partial charge in [0.05, 0.1) is 5.69 Å². The lowest BCUT2D eigenvalue weighted by Crippen LogP contribution is -2.39. The Bertz CT molecular complexity index is 922. The van der Waals surface area contributed by atoms with Crippen LogP contribution in [0.15, 0.2) is 53.6 Å². The summed E-state index contributed by atoms with van der Waals surface area (Å²) in [7, 11) is 0. The molecular weight excluding hydrogens is 382 g/mol. The molecule has 0 radical (unpaired) electrons. The predicted octanol–water partition coefficient (Wildman–Crippen LogP) is 2.38. The van der Waals surface area contributed by atoms with Crippen molar-refractivity contribution in [2.45, 2.75) is 39.3 Å². The van der Waals surface area contributed by atoms with E-state index in [9.17, 15) is 14.7 Å². The first kappa shape index (κ1) is 21.5. The lowest BCUT2D eigenvalue weighted by Gasteiger charge is -2.20. The second-order valence-electron chi connectivity index (χ2n) is 7.45. The monoisotopic (exact) mass is 409 g/mol. The quantitative estimate of drug-likeness (QED) is 0.699. The van der Waals surface area contributed by atoms with Gasteiger partial charge in [0, 0.05) is 13.0 Å². The summed E-state index contributed by atoms with van der Waals surface area (Å²) in [5.41, 5.74) is 3.00. The van der Waals surface area contributed by atoms with Gasteiger partial charge in [0.1, 0.15) is 30.2 Å². The molecule has 0 spiro atoms. The molecule has 1 heterocycles. The summed E-state index contributed by atoms with van der Waals surface area (Å²) in [5, 5.41) is 18.8. The van der Waals surface area contributed by atoms with E-state index in [0.717, 1.165) is 22.6 Å². The van der Waals surface area contributed by atoms with E-state index >= 15 is 0 Å². The third kappa shape index (κ3) is 5.04. The number of carbonyl (C=O) groups is 2. The molecular formula is C23H27N3O4. The van der Waals surface area contributed by atoms with E-state index in [4.69, 9.17) is 4.74 Å². The first-order chi connectivity index (χ1) is 14.4. The lowest BCUT2D eigenvalue weighted by atomic mass is 10.1. The Labute approximate surface area is 176 Å². The molecule has 2 aromatic rings. The highest BCUT2D eigenvalue weighted by Gasteiger charge is 2.34. The number of carbonyl (C=O) groups excluding carboxylic acids is 2. The van der Waals surface area contributed by atoms with Gasteiger partial charge in [-0.25, -0.2) is 0 Å². The molecule has 0 fully saturated rings. The van der Waals surface area contributed by atoms with Crippen LogP contribution in [-0.2, 0) is 9.59 Å². The van der Waals surface area contributed by atoms with Gasteiger partial charge in [0.15, 0.2) is 5.78 Å². The average Bonchev–Trinajstić information content (AvgIpc) is 3.18. The van der Waals surface area contributed by atoms with Crippen LogP contribution in [0.2, 0.25) is 0 Å². The van der Waals surface area contributed by atoms with Gasteiger partial charge < -0.3 is 15.2 Å².